The molecule has 1 heterocycles. The Balaban J connectivity index is 1.61. The number of hydrogen-bond acceptors (Lipinski definition) is 10. The second-order valence-electron chi connectivity index (χ2n) is 9.65. The molecule has 0 atom stereocenters. The fourth-order valence-corrected chi connectivity index (χ4v) is 4.91. The van der Waals surface area contributed by atoms with Crippen LogP contribution in [0, 0.1) is 16.0 Å². The summed E-state index contributed by atoms with van der Waals surface area (Å²) in [5.74, 6) is 1.52. The van der Waals surface area contributed by atoms with Crippen LogP contribution in [0.15, 0.2) is 54.9 Å². The lowest BCUT2D eigenvalue weighted by Crippen LogP contribution is -2.31. The summed E-state index contributed by atoms with van der Waals surface area (Å²) < 4.78 is 15.7. The van der Waals surface area contributed by atoms with Crippen LogP contribution in [0.3, 0.4) is 0 Å². The van der Waals surface area contributed by atoms with E-state index in [0.717, 1.165) is 22.6 Å². The molecule has 40 heavy (non-hydrogen) atoms. The number of nitrogens with zero attached hydrogens (tertiary/aromatic N) is 4. The van der Waals surface area contributed by atoms with Gasteiger partial charge in [-0.1, -0.05) is 24.3 Å². The maximum absolute atomic E-state index is 12.4. The highest BCUT2D eigenvalue weighted by atomic mass is 16.6. The highest BCUT2D eigenvalue weighted by Gasteiger charge is 2.32. The van der Waals surface area contributed by atoms with Crippen LogP contribution in [0.4, 0.5) is 17.3 Å². The van der Waals surface area contributed by atoms with E-state index in [2.05, 4.69) is 15.3 Å². The Labute approximate surface area is 233 Å². The first-order valence-electron chi connectivity index (χ1n) is 13.3. The molecule has 1 aromatic heterocycles. The molecular weight excluding hydrogens is 514 g/mol. The number of hydrogen-bond donors (Lipinski definition) is 1. The first-order chi connectivity index (χ1) is 19.4. The SMILES string of the molecule is CCOC(=O)C1CCC(Nc2ncnc(N(Cc3ccc(OC)cc3)Cc3ccc(OC)cc3)c2[N+](=O)[O-])CC1. The third-order valence-corrected chi connectivity index (χ3v) is 7.04. The molecule has 212 valence electrons. The predicted molar refractivity (Wildman–Crippen MR) is 151 cm³/mol. The molecule has 1 saturated carbocycles. The van der Waals surface area contributed by atoms with Crippen molar-refractivity contribution < 1.29 is 23.9 Å². The summed E-state index contributed by atoms with van der Waals surface area (Å²) in [6.45, 7) is 2.90. The van der Waals surface area contributed by atoms with E-state index in [4.69, 9.17) is 14.2 Å². The fourth-order valence-electron chi connectivity index (χ4n) is 4.91. The lowest BCUT2D eigenvalue weighted by molar-refractivity contribution is -0.383. The van der Waals surface area contributed by atoms with Gasteiger partial charge in [-0.15, -0.1) is 0 Å². The molecule has 0 radical (unpaired) electrons. The number of rotatable bonds is 12. The molecule has 1 aliphatic carbocycles. The van der Waals surface area contributed by atoms with Crippen molar-refractivity contribution in [3.8, 4) is 11.5 Å². The van der Waals surface area contributed by atoms with Crippen molar-refractivity contribution in [1.29, 1.82) is 0 Å². The van der Waals surface area contributed by atoms with Gasteiger partial charge in [-0.25, -0.2) is 9.97 Å². The number of carbonyl (C=O) groups excluding carboxylic acids is 1. The molecule has 2 aromatic carbocycles. The molecule has 3 aromatic rings. The second-order valence-corrected chi connectivity index (χ2v) is 9.65. The van der Waals surface area contributed by atoms with E-state index in [1.807, 2.05) is 53.4 Å². The summed E-state index contributed by atoms with van der Waals surface area (Å²) in [6.07, 6.45) is 4.03. The molecule has 0 amide bonds. The van der Waals surface area contributed by atoms with E-state index in [1.54, 1.807) is 21.1 Å². The normalized spacial score (nSPS) is 16.6. The standard InChI is InChI=1S/C29H35N5O6/c1-4-40-29(35)22-9-11-23(12-10-22)32-27-26(34(36)37)28(31-19-30-27)33(17-20-5-13-24(38-2)14-6-20)18-21-7-15-25(39-3)16-8-21/h5-8,13-16,19,22-23H,4,9-12,17-18H2,1-3H3,(H,30,31,32). The number of nitro groups is 1. The molecule has 0 bridgehead atoms. The first kappa shape index (κ1) is 28.6. The number of methoxy groups -OCH3 is 2. The highest BCUT2D eigenvalue weighted by Crippen LogP contribution is 2.36. The second kappa shape index (κ2) is 13.6. The van der Waals surface area contributed by atoms with E-state index in [9.17, 15) is 14.9 Å². The first-order valence-corrected chi connectivity index (χ1v) is 13.3. The zero-order valence-corrected chi connectivity index (χ0v) is 23.0. The Hall–Kier alpha value is -4.41. The van der Waals surface area contributed by atoms with Crippen molar-refractivity contribution in [1.82, 2.24) is 9.97 Å². The van der Waals surface area contributed by atoms with E-state index < -0.39 is 4.92 Å². The molecular formula is C29H35N5O6. The average Bonchev–Trinajstić information content (AvgIpc) is 2.98. The third kappa shape index (κ3) is 7.16. The summed E-state index contributed by atoms with van der Waals surface area (Å²) in [5, 5.41) is 15.7. The van der Waals surface area contributed by atoms with Crippen molar-refractivity contribution in [3.05, 3.63) is 76.1 Å². The summed E-state index contributed by atoms with van der Waals surface area (Å²) >= 11 is 0. The maximum atomic E-state index is 12.4. The molecule has 0 spiro atoms. The molecule has 1 N–H and O–H groups in total. The zero-order chi connectivity index (χ0) is 28.5. The smallest absolute Gasteiger partial charge is 0.353 e. The van der Waals surface area contributed by atoms with Crippen LogP contribution >= 0.6 is 0 Å². The average molecular weight is 550 g/mol. The van der Waals surface area contributed by atoms with Gasteiger partial charge in [0.15, 0.2) is 0 Å². The largest absolute Gasteiger partial charge is 0.497 e. The molecule has 0 aliphatic heterocycles. The van der Waals surface area contributed by atoms with Crippen LogP contribution in [0.25, 0.3) is 0 Å². The van der Waals surface area contributed by atoms with Crippen molar-refractivity contribution in [2.75, 3.05) is 31.0 Å². The number of anilines is 2. The number of nitrogens with one attached hydrogen (secondary N) is 1. The fraction of sp³-hybridized carbons (Fsp3) is 0.414. The number of esters is 1. The molecule has 1 aliphatic rings. The zero-order valence-electron chi connectivity index (χ0n) is 23.0. The molecule has 0 saturated heterocycles. The Bertz CT molecular complexity index is 1230. The molecule has 11 heteroatoms. The number of benzene rings is 2. The Kier molecular flexibility index (Phi) is 9.71. The molecule has 1 fully saturated rings. The summed E-state index contributed by atoms with van der Waals surface area (Å²) in [6, 6.07) is 15.1. The minimum atomic E-state index is -0.434. The Morgan fingerprint density at radius 2 is 1.50 bits per heavy atom. The predicted octanol–water partition coefficient (Wildman–Crippen LogP) is 5.14. The molecule has 11 nitrogen and oxygen atoms in total. The van der Waals surface area contributed by atoms with E-state index in [0.29, 0.717) is 45.4 Å². The van der Waals surface area contributed by atoms with Crippen LogP contribution in [0.5, 0.6) is 11.5 Å². The molecule has 0 unspecified atom stereocenters. The van der Waals surface area contributed by atoms with Gasteiger partial charge in [0, 0.05) is 19.1 Å². The Morgan fingerprint density at radius 1 is 0.950 bits per heavy atom. The van der Waals surface area contributed by atoms with Gasteiger partial charge in [0.25, 0.3) is 0 Å². The van der Waals surface area contributed by atoms with Crippen LogP contribution < -0.4 is 19.7 Å². The summed E-state index contributed by atoms with van der Waals surface area (Å²) in [4.78, 5) is 34.7. The quantitative estimate of drug-likeness (QED) is 0.184. The highest BCUT2D eigenvalue weighted by molar-refractivity contribution is 5.73. The molecule has 4 rings (SSSR count). The van der Waals surface area contributed by atoms with Crippen molar-refractivity contribution >= 4 is 23.3 Å². The van der Waals surface area contributed by atoms with Crippen LogP contribution in [0.2, 0.25) is 0 Å². The van der Waals surface area contributed by atoms with Gasteiger partial charge < -0.3 is 24.4 Å². The van der Waals surface area contributed by atoms with Gasteiger partial charge in [0.05, 0.1) is 31.7 Å². The number of carbonyl (C=O) groups is 1. The van der Waals surface area contributed by atoms with Crippen molar-refractivity contribution in [2.45, 2.75) is 51.7 Å². The van der Waals surface area contributed by atoms with Gasteiger partial charge in [-0.2, -0.15) is 0 Å². The maximum Gasteiger partial charge on any atom is 0.353 e. The lowest BCUT2D eigenvalue weighted by atomic mass is 9.86. The van der Waals surface area contributed by atoms with Crippen molar-refractivity contribution in [2.24, 2.45) is 5.92 Å². The van der Waals surface area contributed by atoms with Gasteiger partial charge in [-0.3, -0.25) is 14.9 Å². The topological polar surface area (TPSA) is 129 Å². The van der Waals surface area contributed by atoms with Crippen LogP contribution in [0.1, 0.15) is 43.7 Å². The summed E-state index contributed by atoms with van der Waals surface area (Å²) in [7, 11) is 3.21. The third-order valence-electron chi connectivity index (χ3n) is 7.04. The van der Waals surface area contributed by atoms with Gasteiger partial charge in [0.1, 0.15) is 17.8 Å². The number of ether oxygens (including phenoxy) is 3. The van der Waals surface area contributed by atoms with Crippen LogP contribution in [-0.4, -0.2) is 47.7 Å². The Morgan fingerprint density at radius 3 is 1.98 bits per heavy atom. The van der Waals surface area contributed by atoms with Gasteiger partial charge in [0.2, 0.25) is 11.6 Å². The van der Waals surface area contributed by atoms with Crippen molar-refractivity contribution in [3.63, 3.8) is 0 Å². The minimum Gasteiger partial charge on any atom is -0.497 e. The van der Waals surface area contributed by atoms with E-state index in [-0.39, 0.29) is 35.3 Å². The van der Waals surface area contributed by atoms with E-state index >= 15 is 0 Å². The monoisotopic (exact) mass is 549 g/mol. The van der Waals surface area contributed by atoms with E-state index in [1.165, 1.54) is 6.33 Å². The van der Waals surface area contributed by atoms with Crippen LogP contribution in [-0.2, 0) is 22.6 Å². The van der Waals surface area contributed by atoms with Gasteiger partial charge >= 0.3 is 11.7 Å². The lowest BCUT2D eigenvalue weighted by Gasteiger charge is -2.29. The summed E-state index contributed by atoms with van der Waals surface area (Å²) in [5.41, 5.74) is 1.69. The minimum absolute atomic E-state index is 0.0521. The number of aromatic nitrogens is 2. The van der Waals surface area contributed by atoms with Gasteiger partial charge in [-0.05, 0) is 68.0 Å².